The maximum Gasteiger partial charge on any atom is 0.0579 e. The van der Waals surface area contributed by atoms with Crippen LogP contribution in [0.2, 0.25) is 0 Å². The monoisotopic (exact) mass is 166 g/mol. The summed E-state index contributed by atoms with van der Waals surface area (Å²) in [6.45, 7) is 3.68. The molecular formula is C9H14N2O. The average molecular weight is 166 g/mol. The zero-order valence-corrected chi connectivity index (χ0v) is 7.36. The van der Waals surface area contributed by atoms with E-state index in [-0.39, 0.29) is 5.92 Å². The molecule has 0 spiro atoms. The van der Waals surface area contributed by atoms with Crippen LogP contribution in [0.4, 0.5) is 5.69 Å². The molecule has 0 aliphatic rings. The number of hydrogen-bond donors (Lipinski definition) is 2. The van der Waals surface area contributed by atoms with Crippen LogP contribution in [0.15, 0.2) is 18.5 Å². The van der Waals surface area contributed by atoms with Gasteiger partial charge in [-0.05, 0) is 18.6 Å². The fourth-order valence-electron chi connectivity index (χ4n) is 1.06. The number of pyridine rings is 1. The van der Waals surface area contributed by atoms with E-state index < -0.39 is 6.10 Å². The van der Waals surface area contributed by atoms with Crippen LogP contribution in [0.3, 0.4) is 0 Å². The molecule has 2 atom stereocenters. The second-order valence-corrected chi connectivity index (χ2v) is 3.03. The minimum Gasteiger partial charge on any atom is -0.398 e. The molecule has 1 aromatic heterocycles. The Labute approximate surface area is 72.2 Å². The maximum absolute atomic E-state index is 9.32. The van der Waals surface area contributed by atoms with E-state index in [4.69, 9.17) is 5.73 Å². The highest BCUT2D eigenvalue weighted by atomic mass is 16.3. The first kappa shape index (κ1) is 9.00. The van der Waals surface area contributed by atoms with Crippen LogP contribution < -0.4 is 5.73 Å². The van der Waals surface area contributed by atoms with Crippen molar-refractivity contribution in [1.29, 1.82) is 0 Å². The van der Waals surface area contributed by atoms with Crippen LogP contribution in [-0.4, -0.2) is 16.2 Å². The molecule has 0 aliphatic heterocycles. The number of aliphatic hydroxyl groups excluding tert-OH is 1. The van der Waals surface area contributed by atoms with Crippen molar-refractivity contribution < 1.29 is 5.11 Å². The highest BCUT2D eigenvalue weighted by molar-refractivity contribution is 5.46. The Bertz CT molecular complexity index is 260. The first-order valence-corrected chi connectivity index (χ1v) is 4.00. The van der Waals surface area contributed by atoms with Gasteiger partial charge in [0.05, 0.1) is 6.10 Å². The van der Waals surface area contributed by atoms with Crippen molar-refractivity contribution in [3.63, 3.8) is 0 Å². The van der Waals surface area contributed by atoms with Gasteiger partial charge in [0.25, 0.3) is 0 Å². The lowest BCUT2D eigenvalue weighted by molar-refractivity contribution is 0.169. The number of aliphatic hydroxyl groups is 1. The van der Waals surface area contributed by atoms with Gasteiger partial charge in [-0.25, -0.2) is 0 Å². The second kappa shape index (κ2) is 3.54. The Hall–Kier alpha value is -1.09. The zero-order chi connectivity index (χ0) is 9.14. The predicted octanol–water partition coefficient (Wildman–Crippen LogP) is 1.15. The molecule has 12 heavy (non-hydrogen) atoms. The Morgan fingerprint density at radius 2 is 2.17 bits per heavy atom. The molecule has 66 valence electrons. The van der Waals surface area contributed by atoms with Crippen molar-refractivity contribution in [3.8, 4) is 0 Å². The summed E-state index contributed by atoms with van der Waals surface area (Å²) in [7, 11) is 0. The molecule has 0 saturated carbocycles. The summed E-state index contributed by atoms with van der Waals surface area (Å²) in [5.41, 5.74) is 7.31. The second-order valence-electron chi connectivity index (χ2n) is 3.03. The smallest absolute Gasteiger partial charge is 0.0579 e. The van der Waals surface area contributed by atoms with E-state index in [2.05, 4.69) is 4.98 Å². The average Bonchev–Trinajstić information content (AvgIpc) is 2.04. The molecule has 0 bridgehead atoms. The van der Waals surface area contributed by atoms with Crippen molar-refractivity contribution in [3.05, 3.63) is 24.0 Å². The van der Waals surface area contributed by atoms with Crippen molar-refractivity contribution in [2.75, 3.05) is 5.73 Å². The molecule has 0 saturated heterocycles. The molecule has 0 radical (unpaired) electrons. The third kappa shape index (κ3) is 1.74. The van der Waals surface area contributed by atoms with Crippen molar-refractivity contribution in [2.24, 2.45) is 0 Å². The van der Waals surface area contributed by atoms with Crippen LogP contribution in [0.5, 0.6) is 0 Å². The lowest BCUT2D eigenvalue weighted by atomic mass is 9.97. The summed E-state index contributed by atoms with van der Waals surface area (Å²) >= 11 is 0. The first-order chi connectivity index (χ1) is 5.63. The maximum atomic E-state index is 9.32. The molecule has 1 rings (SSSR count). The minimum atomic E-state index is -0.392. The van der Waals surface area contributed by atoms with Gasteiger partial charge in [0, 0.05) is 24.0 Å². The van der Waals surface area contributed by atoms with E-state index in [1.807, 2.05) is 6.92 Å². The predicted molar refractivity (Wildman–Crippen MR) is 48.7 cm³/mol. The molecule has 0 fully saturated rings. The van der Waals surface area contributed by atoms with Crippen LogP contribution in [0.1, 0.15) is 25.3 Å². The van der Waals surface area contributed by atoms with Crippen molar-refractivity contribution in [2.45, 2.75) is 25.9 Å². The van der Waals surface area contributed by atoms with Crippen LogP contribution in [0.25, 0.3) is 0 Å². The van der Waals surface area contributed by atoms with Gasteiger partial charge in [0.2, 0.25) is 0 Å². The summed E-state index contributed by atoms with van der Waals surface area (Å²) in [5, 5.41) is 9.32. The fourth-order valence-corrected chi connectivity index (χ4v) is 1.06. The van der Waals surface area contributed by atoms with Gasteiger partial charge in [-0.3, -0.25) is 4.98 Å². The van der Waals surface area contributed by atoms with E-state index in [1.54, 1.807) is 25.4 Å². The fraction of sp³-hybridized carbons (Fsp3) is 0.444. The zero-order valence-electron chi connectivity index (χ0n) is 7.36. The summed E-state index contributed by atoms with van der Waals surface area (Å²) in [6.07, 6.45) is 2.96. The number of nitrogen functional groups attached to an aromatic ring is 1. The molecule has 3 heteroatoms. The Balaban J connectivity index is 2.94. The van der Waals surface area contributed by atoms with E-state index in [0.717, 1.165) is 5.56 Å². The lowest BCUT2D eigenvalue weighted by Crippen LogP contribution is -2.12. The van der Waals surface area contributed by atoms with E-state index in [1.165, 1.54) is 0 Å². The summed E-state index contributed by atoms with van der Waals surface area (Å²) in [4.78, 5) is 3.96. The minimum absolute atomic E-state index is 0.0405. The standard InChI is InChI=1S/C9H14N2O/c1-6(7(2)12)8-5-11-4-3-9(8)10/h3-7,12H,1-2H3,(H2,10,11). The molecule has 3 nitrogen and oxygen atoms in total. The highest BCUT2D eigenvalue weighted by Crippen LogP contribution is 2.23. The summed E-state index contributed by atoms with van der Waals surface area (Å²) in [5.74, 6) is 0.0405. The third-order valence-electron chi connectivity index (χ3n) is 2.10. The molecule has 2 unspecified atom stereocenters. The van der Waals surface area contributed by atoms with Gasteiger partial charge in [0.1, 0.15) is 0 Å². The number of aromatic nitrogens is 1. The number of rotatable bonds is 2. The van der Waals surface area contributed by atoms with Crippen LogP contribution in [0, 0.1) is 0 Å². The molecule has 0 aliphatic carbocycles. The van der Waals surface area contributed by atoms with Gasteiger partial charge in [-0.2, -0.15) is 0 Å². The molecule has 1 heterocycles. The van der Waals surface area contributed by atoms with Gasteiger partial charge in [0.15, 0.2) is 0 Å². The number of hydrogen-bond acceptors (Lipinski definition) is 3. The lowest BCUT2D eigenvalue weighted by Gasteiger charge is -2.15. The number of anilines is 1. The van der Waals surface area contributed by atoms with Gasteiger partial charge in [-0.1, -0.05) is 6.92 Å². The van der Waals surface area contributed by atoms with Crippen molar-refractivity contribution in [1.82, 2.24) is 4.98 Å². The van der Waals surface area contributed by atoms with Gasteiger partial charge in [-0.15, -0.1) is 0 Å². The van der Waals surface area contributed by atoms with Crippen LogP contribution in [-0.2, 0) is 0 Å². The largest absolute Gasteiger partial charge is 0.398 e. The molecular weight excluding hydrogens is 152 g/mol. The Morgan fingerprint density at radius 3 is 2.67 bits per heavy atom. The molecule has 0 amide bonds. The topological polar surface area (TPSA) is 59.1 Å². The summed E-state index contributed by atoms with van der Waals surface area (Å²) < 4.78 is 0. The Kier molecular flexibility index (Phi) is 2.65. The van der Waals surface area contributed by atoms with Gasteiger partial charge >= 0.3 is 0 Å². The molecule has 0 aromatic carbocycles. The molecule has 3 N–H and O–H groups in total. The van der Waals surface area contributed by atoms with E-state index in [9.17, 15) is 5.11 Å². The normalized spacial score (nSPS) is 15.6. The molecule has 1 aromatic rings. The first-order valence-electron chi connectivity index (χ1n) is 4.00. The Morgan fingerprint density at radius 1 is 1.50 bits per heavy atom. The number of nitrogens with two attached hydrogens (primary N) is 1. The van der Waals surface area contributed by atoms with E-state index in [0.29, 0.717) is 5.69 Å². The van der Waals surface area contributed by atoms with E-state index >= 15 is 0 Å². The van der Waals surface area contributed by atoms with Crippen molar-refractivity contribution >= 4 is 5.69 Å². The quantitative estimate of drug-likeness (QED) is 0.692. The van der Waals surface area contributed by atoms with Crippen LogP contribution >= 0.6 is 0 Å². The van der Waals surface area contributed by atoms with Gasteiger partial charge < -0.3 is 10.8 Å². The number of nitrogens with zero attached hydrogens (tertiary/aromatic N) is 1. The summed E-state index contributed by atoms with van der Waals surface area (Å²) in [6, 6.07) is 1.74. The third-order valence-corrected chi connectivity index (χ3v) is 2.10. The highest BCUT2D eigenvalue weighted by Gasteiger charge is 2.13. The SMILES string of the molecule is CC(O)C(C)c1cnccc1N.